The lowest BCUT2D eigenvalue weighted by Crippen LogP contribution is -2.22. The molecule has 0 saturated heterocycles. The second-order valence-electron chi connectivity index (χ2n) is 3.25. The molecule has 1 heteroatoms. The van der Waals surface area contributed by atoms with Crippen molar-refractivity contribution in [2.24, 2.45) is 0 Å². The van der Waals surface area contributed by atoms with E-state index < -0.39 is 0 Å². The maximum Gasteiger partial charge on any atom is 0.130 e. The number of rotatable bonds is 3. The Morgan fingerprint density at radius 2 is 1.92 bits per heavy atom. The molecule has 0 bridgehead atoms. The highest BCUT2D eigenvalue weighted by Gasteiger charge is 2.22. The third-order valence-electron chi connectivity index (χ3n) is 2.43. The summed E-state index contributed by atoms with van der Waals surface area (Å²) >= 11 is 0. The Bertz CT molecular complexity index is 253. The molecule has 0 amide bonds. The molecule has 1 aromatic carbocycles. The van der Waals surface area contributed by atoms with E-state index in [1.165, 1.54) is 0 Å². The minimum atomic E-state index is -0.304. The summed E-state index contributed by atoms with van der Waals surface area (Å²) in [5, 5.41) is 0. The average molecular weight is 162 g/mol. The fourth-order valence-corrected chi connectivity index (χ4v) is 1.17. The molecule has 12 heavy (non-hydrogen) atoms. The summed E-state index contributed by atoms with van der Waals surface area (Å²) in [5.41, 5.74) is 0.795. The van der Waals surface area contributed by atoms with Gasteiger partial charge in [0, 0.05) is 5.41 Å². The van der Waals surface area contributed by atoms with E-state index >= 15 is 0 Å². The van der Waals surface area contributed by atoms with Crippen molar-refractivity contribution in [3.63, 3.8) is 0 Å². The summed E-state index contributed by atoms with van der Waals surface area (Å²) < 4.78 is 0. The van der Waals surface area contributed by atoms with Crippen LogP contribution in [0.25, 0.3) is 0 Å². The minimum Gasteiger partial charge on any atom is -0.302 e. The first-order valence-electron chi connectivity index (χ1n) is 4.25. The topological polar surface area (TPSA) is 17.1 Å². The number of carbonyl (C=O) groups is 1. The van der Waals surface area contributed by atoms with Gasteiger partial charge in [-0.1, -0.05) is 37.3 Å². The van der Waals surface area contributed by atoms with Crippen molar-refractivity contribution in [2.45, 2.75) is 25.7 Å². The largest absolute Gasteiger partial charge is 0.302 e. The predicted molar refractivity (Wildman–Crippen MR) is 50.1 cm³/mol. The van der Waals surface area contributed by atoms with E-state index in [9.17, 15) is 4.79 Å². The van der Waals surface area contributed by atoms with Crippen LogP contribution in [0.1, 0.15) is 25.8 Å². The second kappa shape index (κ2) is 3.53. The normalized spacial score (nSPS) is 15.2. The van der Waals surface area contributed by atoms with Crippen LogP contribution in [0.5, 0.6) is 0 Å². The van der Waals surface area contributed by atoms with Crippen LogP contribution in [0, 0.1) is 0 Å². The van der Waals surface area contributed by atoms with Crippen molar-refractivity contribution < 1.29 is 4.79 Å². The smallest absolute Gasteiger partial charge is 0.130 e. The lowest BCUT2D eigenvalue weighted by Gasteiger charge is -2.20. The van der Waals surface area contributed by atoms with Crippen LogP contribution in [0.2, 0.25) is 0 Å². The summed E-state index contributed by atoms with van der Waals surface area (Å²) in [6.45, 7) is 4.00. The lowest BCUT2D eigenvalue weighted by molar-refractivity contribution is -0.112. The first-order valence-corrected chi connectivity index (χ1v) is 4.25. The second-order valence-corrected chi connectivity index (χ2v) is 3.25. The maximum atomic E-state index is 10.9. The molecular weight excluding hydrogens is 148 g/mol. The maximum absolute atomic E-state index is 10.9. The summed E-state index contributed by atoms with van der Waals surface area (Å²) in [5.74, 6) is 0. The van der Waals surface area contributed by atoms with E-state index in [0.717, 1.165) is 18.3 Å². The number of aldehydes is 1. The van der Waals surface area contributed by atoms with Crippen LogP contribution < -0.4 is 0 Å². The third-order valence-corrected chi connectivity index (χ3v) is 2.43. The minimum absolute atomic E-state index is 0.304. The first kappa shape index (κ1) is 8.98. The van der Waals surface area contributed by atoms with E-state index in [1.54, 1.807) is 0 Å². The summed E-state index contributed by atoms with van der Waals surface area (Å²) in [6.07, 6.45) is 1.88. The Morgan fingerprint density at radius 1 is 1.33 bits per heavy atom. The number of benzene rings is 1. The highest BCUT2D eigenvalue weighted by Crippen LogP contribution is 2.24. The average Bonchev–Trinajstić information content (AvgIpc) is 2.18. The molecule has 0 aliphatic carbocycles. The fraction of sp³-hybridized carbons (Fsp3) is 0.364. The van der Waals surface area contributed by atoms with E-state index in [2.05, 4.69) is 0 Å². The highest BCUT2D eigenvalue weighted by atomic mass is 16.1. The van der Waals surface area contributed by atoms with Gasteiger partial charge in [-0.2, -0.15) is 0 Å². The fourth-order valence-electron chi connectivity index (χ4n) is 1.17. The molecule has 0 fully saturated rings. The van der Waals surface area contributed by atoms with Crippen LogP contribution in [0.3, 0.4) is 0 Å². The first-order chi connectivity index (χ1) is 5.73. The van der Waals surface area contributed by atoms with E-state index in [-0.39, 0.29) is 5.41 Å². The molecule has 1 rings (SSSR count). The Morgan fingerprint density at radius 3 is 2.33 bits per heavy atom. The van der Waals surface area contributed by atoms with Crippen LogP contribution in [-0.2, 0) is 10.2 Å². The molecule has 0 N–H and O–H groups in total. The number of hydrogen-bond acceptors (Lipinski definition) is 1. The van der Waals surface area contributed by atoms with Gasteiger partial charge in [-0.15, -0.1) is 0 Å². The summed E-state index contributed by atoms with van der Waals surface area (Å²) in [4.78, 5) is 10.9. The lowest BCUT2D eigenvalue weighted by atomic mass is 9.82. The third kappa shape index (κ3) is 1.55. The van der Waals surface area contributed by atoms with Gasteiger partial charge in [0.2, 0.25) is 0 Å². The van der Waals surface area contributed by atoms with E-state index in [0.29, 0.717) is 0 Å². The number of carbonyl (C=O) groups excluding carboxylic acids is 1. The van der Waals surface area contributed by atoms with Gasteiger partial charge in [-0.25, -0.2) is 0 Å². The molecule has 0 aliphatic rings. The van der Waals surface area contributed by atoms with Crippen molar-refractivity contribution in [3.05, 3.63) is 35.9 Å². The SMILES string of the molecule is CCC(C)(C=O)c1ccccc1. The Labute approximate surface area is 73.4 Å². The Kier molecular flexibility index (Phi) is 2.64. The van der Waals surface area contributed by atoms with Gasteiger partial charge in [0.1, 0.15) is 6.29 Å². The van der Waals surface area contributed by atoms with E-state index in [4.69, 9.17) is 0 Å². The zero-order valence-corrected chi connectivity index (χ0v) is 7.58. The molecule has 64 valence electrons. The molecule has 1 aromatic rings. The van der Waals surface area contributed by atoms with Crippen molar-refractivity contribution in [2.75, 3.05) is 0 Å². The van der Waals surface area contributed by atoms with Crippen LogP contribution in [-0.4, -0.2) is 6.29 Å². The molecule has 0 heterocycles. The van der Waals surface area contributed by atoms with Crippen molar-refractivity contribution in [1.29, 1.82) is 0 Å². The monoisotopic (exact) mass is 162 g/mol. The van der Waals surface area contributed by atoms with Gasteiger partial charge in [0.05, 0.1) is 0 Å². The van der Waals surface area contributed by atoms with Gasteiger partial charge in [0.25, 0.3) is 0 Å². The molecule has 1 atom stereocenters. The molecule has 1 nitrogen and oxygen atoms in total. The Hall–Kier alpha value is -1.11. The quantitative estimate of drug-likeness (QED) is 0.624. The van der Waals surface area contributed by atoms with Crippen molar-refractivity contribution in [3.8, 4) is 0 Å². The molecule has 1 unspecified atom stereocenters. The zero-order chi connectivity index (χ0) is 9.03. The number of hydrogen-bond donors (Lipinski definition) is 0. The molecule has 0 saturated carbocycles. The molecule has 0 aromatic heterocycles. The summed E-state index contributed by atoms with van der Waals surface area (Å²) in [7, 11) is 0. The van der Waals surface area contributed by atoms with Crippen molar-refractivity contribution in [1.82, 2.24) is 0 Å². The standard InChI is InChI=1S/C11H14O/c1-3-11(2,9-12)10-7-5-4-6-8-10/h4-9H,3H2,1-2H3. The molecule has 0 radical (unpaired) electrons. The van der Waals surface area contributed by atoms with Gasteiger partial charge >= 0.3 is 0 Å². The van der Waals surface area contributed by atoms with Gasteiger partial charge in [-0.3, -0.25) is 0 Å². The Balaban J connectivity index is 3.03. The van der Waals surface area contributed by atoms with Crippen LogP contribution in [0.15, 0.2) is 30.3 Å². The van der Waals surface area contributed by atoms with Crippen molar-refractivity contribution >= 4 is 6.29 Å². The van der Waals surface area contributed by atoms with E-state index in [1.807, 2.05) is 44.2 Å². The molecule has 0 spiro atoms. The predicted octanol–water partition coefficient (Wildman–Crippen LogP) is 2.55. The van der Waals surface area contributed by atoms with Gasteiger partial charge in [-0.05, 0) is 18.9 Å². The van der Waals surface area contributed by atoms with Gasteiger partial charge in [0.15, 0.2) is 0 Å². The van der Waals surface area contributed by atoms with Gasteiger partial charge < -0.3 is 4.79 Å². The summed E-state index contributed by atoms with van der Waals surface area (Å²) in [6, 6.07) is 9.89. The molecule has 0 aliphatic heterocycles. The highest BCUT2D eigenvalue weighted by molar-refractivity contribution is 5.67. The van der Waals surface area contributed by atoms with Crippen LogP contribution in [0.4, 0.5) is 0 Å². The zero-order valence-electron chi connectivity index (χ0n) is 7.58. The van der Waals surface area contributed by atoms with Crippen LogP contribution >= 0.6 is 0 Å². The molecular formula is C11H14O.